The van der Waals surface area contributed by atoms with Crippen molar-refractivity contribution in [1.82, 2.24) is 10.2 Å². The van der Waals surface area contributed by atoms with E-state index < -0.39 is 0 Å². The lowest BCUT2D eigenvalue weighted by Gasteiger charge is -2.27. The van der Waals surface area contributed by atoms with Gasteiger partial charge in [-0.05, 0) is 44.7 Å². The van der Waals surface area contributed by atoms with Gasteiger partial charge in [-0.2, -0.15) is 0 Å². The largest absolute Gasteiger partial charge is 0.343 e. The van der Waals surface area contributed by atoms with E-state index >= 15 is 0 Å². The van der Waals surface area contributed by atoms with Crippen molar-refractivity contribution in [2.45, 2.75) is 46.1 Å². The number of carbonyl (C=O) groups excluding carboxylic acids is 1. The molecule has 0 spiro atoms. The number of carbonyl (C=O) groups is 1. The predicted molar refractivity (Wildman–Crippen MR) is 67.3 cm³/mol. The van der Waals surface area contributed by atoms with Crippen molar-refractivity contribution >= 4 is 5.91 Å². The Hall–Kier alpha value is -0.570. The van der Waals surface area contributed by atoms with Gasteiger partial charge >= 0.3 is 0 Å². The molecule has 1 fully saturated rings. The Morgan fingerprint density at radius 1 is 1.44 bits per heavy atom. The molecule has 1 heterocycles. The van der Waals surface area contributed by atoms with Crippen molar-refractivity contribution in [3.63, 3.8) is 0 Å². The summed E-state index contributed by atoms with van der Waals surface area (Å²) in [6.07, 6.45) is 2.95. The monoisotopic (exact) mass is 226 g/mol. The van der Waals surface area contributed by atoms with Gasteiger partial charge in [-0.1, -0.05) is 13.8 Å². The van der Waals surface area contributed by atoms with Crippen molar-refractivity contribution < 1.29 is 4.79 Å². The van der Waals surface area contributed by atoms with E-state index in [-0.39, 0.29) is 0 Å². The number of amides is 1. The van der Waals surface area contributed by atoms with Crippen molar-refractivity contribution in [1.29, 1.82) is 0 Å². The first-order chi connectivity index (χ1) is 7.50. The number of hydrogen-bond donors (Lipinski definition) is 1. The maximum Gasteiger partial charge on any atom is 0.222 e. The van der Waals surface area contributed by atoms with E-state index in [0.717, 1.165) is 25.9 Å². The summed E-state index contributed by atoms with van der Waals surface area (Å²) in [6, 6.07) is 0.363. The quantitative estimate of drug-likeness (QED) is 0.776. The molecule has 0 aromatic rings. The highest BCUT2D eigenvalue weighted by atomic mass is 16.2. The summed E-state index contributed by atoms with van der Waals surface area (Å²) in [6.45, 7) is 8.64. The Bertz CT molecular complexity index is 222. The molecule has 1 amide bonds. The Morgan fingerprint density at radius 3 is 2.62 bits per heavy atom. The zero-order valence-electron chi connectivity index (χ0n) is 11.1. The van der Waals surface area contributed by atoms with E-state index in [1.807, 2.05) is 11.9 Å². The number of nitrogens with one attached hydrogen (secondary N) is 1. The van der Waals surface area contributed by atoms with Crippen molar-refractivity contribution in [3.8, 4) is 0 Å². The molecule has 1 aliphatic heterocycles. The predicted octanol–water partition coefficient (Wildman–Crippen LogP) is 1.88. The standard InChI is InChI=1S/C13H26N2O/c1-10(2)7-11(3)15(4)13(16)8-12-5-6-14-9-12/h10-12,14H,5-9H2,1-4H3. The van der Waals surface area contributed by atoms with Crippen molar-refractivity contribution in [3.05, 3.63) is 0 Å². The Morgan fingerprint density at radius 2 is 2.12 bits per heavy atom. The minimum atomic E-state index is 0.307. The van der Waals surface area contributed by atoms with Gasteiger partial charge in [-0.15, -0.1) is 0 Å². The maximum atomic E-state index is 12.0. The summed E-state index contributed by atoms with van der Waals surface area (Å²) in [5.74, 6) is 1.52. The van der Waals surface area contributed by atoms with Crippen LogP contribution in [0.15, 0.2) is 0 Å². The minimum Gasteiger partial charge on any atom is -0.343 e. The maximum absolute atomic E-state index is 12.0. The molecule has 0 aromatic heterocycles. The molecule has 1 aliphatic rings. The lowest BCUT2D eigenvalue weighted by Crippen LogP contribution is -2.37. The molecular weight excluding hydrogens is 200 g/mol. The average Bonchev–Trinajstić information content (AvgIpc) is 2.68. The third-order valence-electron chi connectivity index (χ3n) is 3.49. The molecule has 3 nitrogen and oxygen atoms in total. The summed E-state index contributed by atoms with van der Waals surface area (Å²) in [5.41, 5.74) is 0. The molecule has 94 valence electrons. The van der Waals surface area contributed by atoms with E-state index in [2.05, 4.69) is 26.1 Å². The van der Waals surface area contributed by atoms with Crippen LogP contribution in [0.25, 0.3) is 0 Å². The van der Waals surface area contributed by atoms with E-state index in [1.54, 1.807) is 0 Å². The lowest BCUT2D eigenvalue weighted by atomic mass is 10.0. The van der Waals surface area contributed by atoms with Gasteiger partial charge in [-0.25, -0.2) is 0 Å². The van der Waals surface area contributed by atoms with Crippen molar-refractivity contribution in [2.24, 2.45) is 11.8 Å². The molecule has 0 saturated carbocycles. The van der Waals surface area contributed by atoms with Gasteiger partial charge in [0.15, 0.2) is 0 Å². The zero-order chi connectivity index (χ0) is 12.1. The molecule has 1 N–H and O–H groups in total. The van der Waals surface area contributed by atoms with Crippen LogP contribution in [0.2, 0.25) is 0 Å². The first kappa shape index (κ1) is 13.5. The van der Waals surface area contributed by atoms with E-state index in [1.165, 1.54) is 0 Å². The van der Waals surface area contributed by atoms with E-state index in [9.17, 15) is 4.79 Å². The lowest BCUT2D eigenvalue weighted by molar-refractivity contribution is -0.132. The zero-order valence-corrected chi connectivity index (χ0v) is 11.1. The molecule has 16 heavy (non-hydrogen) atoms. The second kappa shape index (κ2) is 6.24. The highest BCUT2D eigenvalue weighted by molar-refractivity contribution is 5.76. The molecular formula is C13H26N2O. The van der Waals surface area contributed by atoms with Crippen molar-refractivity contribution in [2.75, 3.05) is 20.1 Å². The van der Waals surface area contributed by atoms with E-state index in [4.69, 9.17) is 0 Å². The smallest absolute Gasteiger partial charge is 0.222 e. The summed E-state index contributed by atoms with van der Waals surface area (Å²) < 4.78 is 0. The molecule has 0 radical (unpaired) electrons. The second-order valence-corrected chi connectivity index (χ2v) is 5.55. The van der Waals surface area contributed by atoms with Gasteiger partial charge in [0.25, 0.3) is 0 Å². The SMILES string of the molecule is CC(C)CC(C)N(C)C(=O)CC1CCNC1. The van der Waals surface area contributed by atoms with Crippen LogP contribution in [0, 0.1) is 11.8 Å². The summed E-state index contributed by atoms with van der Waals surface area (Å²) in [7, 11) is 1.94. The summed E-state index contributed by atoms with van der Waals surface area (Å²) in [5, 5.41) is 3.31. The van der Waals surface area contributed by atoms with Gasteiger partial charge in [0.2, 0.25) is 5.91 Å². The van der Waals surface area contributed by atoms with Gasteiger partial charge in [0.1, 0.15) is 0 Å². The fraction of sp³-hybridized carbons (Fsp3) is 0.923. The number of rotatable bonds is 5. The molecule has 0 aromatic carbocycles. The highest BCUT2D eigenvalue weighted by Gasteiger charge is 2.22. The highest BCUT2D eigenvalue weighted by Crippen LogP contribution is 2.16. The normalized spacial score (nSPS) is 22.4. The second-order valence-electron chi connectivity index (χ2n) is 5.55. The molecule has 1 rings (SSSR count). The first-order valence-electron chi connectivity index (χ1n) is 6.47. The minimum absolute atomic E-state index is 0.307. The summed E-state index contributed by atoms with van der Waals surface area (Å²) >= 11 is 0. The van der Waals surface area contributed by atoms with Crippen LogP contribution in [-0.4, -0.2) is 37.0 Å². The number of hydrogen-bond acceptors (Lipinski definition) is 2. The third-order valence-corrected chi connectivity index (χ3v) is 3.49. The third kappa shape index (κ3) is 4.12. The van der Waals surface area contributed by atoms with Crippen LogP contribution < -0.4 is 5.32 Å². The molecule has 1 saturated heterocycles. The van der Waals surface area contributed by atoms with Crippen LogP contribution in [0.3, 0.4) is 0 Å². The molecule has 0 bridgehead atoms. The number of nitrogens with zero attached hydrogens (tertiary/aromatic N) is 1. The van der Waals surface area contributed by atoms with Crippen LogP contribution in [0.4, 0.5) is 0 Å². The molecule has 2 atom stereocenters. The topological polar surface area (TPSA) is 32.3 Å². The summed E-state index contributed by atoms with van der Waals surface area (Å²) in [4.78, 5) is 13.9. The molecule has 0 aliphatic carbocycles. The van der Waals surface area contributed by atoms with Crippen LogP contribution in [-0.2, 0) is 4.79 Å². The Kier molecular flexibility index (Phi) is 5.26. The van der Waals surface area contributed by atoms with Gasteiger partial charge in [0, 0.05) is 19.5 Å². The van der Waals surface area contributed by atoms with Gasteiger partial charge in [-0.3, -0.25) is 4.79 Å². The molecule has 2 unspecified atom stereocenters. The van der Waals surface area contributed by atoms with E-state index in [0.29, 0.717) is 30.2 Å². The van der Waals surface area contributed by atoms with Crippen LogP contribution in [0.5, 0.6) is 0 Å². The Balaban J connectivity index is 2.33. The fourth-order valence-corrected chi connectivity index (χ4v) is 2.37. The van der Waals surface area contributed by atoms with Crippen LogP contribution in [0.1, 0.15) is 40.0 Å². The van der Waals surface area contributed by atoms with Gasteiger partial charge in [0.05, 0.1) is 0 Å². The van der Waals surface area contributed by atoms with Gasteiger partial charge < -0.3 is 10.2 Å². The van der Waals surface area contributed by atoms with Crippen LogP contribution >= 0.6 is 0 Å². The first-order valence-corrected chi connectivity index (χ1v) is 6.47. The average molecular weight is 226 g/mol. The Labute approximate surface area is 99.6 Å². The molecule has 3 heteroatoms. The fourth-order valence-electron chi connectivity index (χ4n) is 2.37.